The molecule has 0 saturated carbocycles. The standard InChI is InChI=1S/C22H21FN4O/c1-15(25-13-21-26-20-10-5-9-19(23)22(20)27-21)16-6-4-8-18(12-16)28-14-17-7-2-3-11-24-17/h2-12,15,25H,13-14H2,1H3,(H,26,27). The Bertz CT molecular complexity index is 1060. The minimum atomic E-state index is -0.314. The largest absolute Gasteiger partial charge is 0.487 e. The van der Waals surface area contributed by atoms with Crippen LogP contribution in [0.1, 0.15) is 30.0 Å². The molecule has 2 N–H and O–H groups in total. The van der Waals surface area contributed by atoms with E-state index in [1.807, 2.05) is 48.5 Å². The molecule has 0 radical (unpaired) electrons. The molecule has 0 aliphatic heterocycles. The van der Waals surface area contributed by atoms with E-state index in [9.17, 15) is 4.39 Å². The first-order valence-corrected chi connectivity index (χ1v) is 9.18. The minimum absolute atomic E-state index is 0.0801. The third-order valence-electron chi connectivity index (χ3n) is 4.56. The molecule has 4 aromatic rings. The Morgan fingerprint density at radius 3 is 2.82 bits per heavy atom. The predicted molar refractivity (Wildman–Crippen MR) is 106 cm³/mol. The molecule has 2 aromatic heterocycles. The second-order valence-corrected chi connectivity index (χ2v) is 6.60. The lowest BCUT2D eigenvalue weighted by molar-refractivity contribution is 0.300. The molecule has 0 bridgehead atoms. The Morgan fingerprint density at radius 2 is 2.00 bits per heavy atom. The molecule has 0 saturated heterocycles. The number of pyridine rings is 1. The van der Waals surface area contributed by atoms with Crippen LogP contribution in [0.5, 0.6) is 5.75 Å². The average Bonchev–Trinajstić information content (AvgIpc) is 3.16. The summed E-state index contributed by atoms with van der Waals surface area (Å²) in [5, 5.41) is 3.41. The van der Waals surface area contributed by atoms with Crippen LogP contribution in [0.4, 0.5) is 4.39 Å². The summed E-state index contributed by atoms with van der Waals surface area (Å²) in [7, 11) is 0. The van der Waals surface area contributed by atoms with Gasteiger partial charge >= 0.3 is 0 Å². The lowest BCUT2D eigenvalue weighted by atomic mass is 10.1. The van der Waals surface area contributed by atoms with Gasteiger partial charge in [-0.25, -0.2) is 9.37 Å². The molecule has 0 aliphatic carbocycles. The number of ether oxygens (including phenoxy) is 1. The quantitative estimate of drug-likeness (QED) is 0.498. The Morgan fingerprint density at radius 1 is 1.11 bits per heavy atom. The zero-order valence-corrected chi connectivity index (χ0v) is 15.5. The van der Waals surface area contributed by atoms with Crippen LogP contribution in [-0.2, 0) is 13.2 Å². The number of nitrogens with zero attached hydrogens (tertiary/aromatic N) is 2. The summed E-state index contributed by atoms with van der Waals surface area (Å²) in [6, 6.07) is 18.7. The maximum atomic E-state index is 13.8. The van der Waals surface area contributed by atoms with Crippen LogP contribution >= 0.6 is 0 Å². The van der Waals surface area contributed by atoms with E-state index in [0.717, 1.165) is 17.0 Å². The van der Waals surface area contributed by atoms with Gasteiger partial charge in [-0.1, -0.05) is 24.3 Å². The number of fused-ring (bicyclic) bond motifs is 1. The number of hydrogen-bond donors (Lipinski definition) is 2. The number of hydrogen-bond acceptors (Lipinski definition) is 4. The van der Waals surface area contributed by atoms with Crippen LogP contribution in [0, 0.1) is 5.82 Å². The van der Waals surface area contributed by atoms with Gasteiger partial charge in [-0.15, -0.1) is 0 Å². The van der Waals surface area contributed by atoms with Crippen molar-refractivity contribution in [2.24, 2.45) is 0 Å². The lowest BCUT2D eigenvalue weighted by Crippen LogP contribution is -2.18. The Hall–Kier alpha value is -3.25. The van der Waals surface area contributed by atoms with E-state index in [1.54, 1.807) is 12.3 Å². The van der Waals surface area contributed by atoms with Gasteiger partial charge < -0.3 is 15.0 Å². The monoisotopic (exact) mass is 376 g/mol. The molecular weight excluding hydrogens is 355 g/mol. The second kappa shape index (κ2) is 8.19. The van der Waals surface area contributed by atoms with Crippen molar-refractivity contribution in [2.75, 3.05) is 0 Å². The van der Waals surface area contributed by atoms with Crippen molar-refractivity contribution in [1.82, 2.24) is 20.3 Å². The van der Waals surface area contributed by atoms with Gasteiger partial charge in [0, 0.05) is 12.2 Å². The molecule has 0 amide bonds. The smallest absolute Gasteiger partial charge is 0.151 e. The highest BCUT2D eigenvalue weighted by Gasteiger charge is 2.10. The van der Waals surface area contributed by atoms with Crippen LogP contribution in [0.3, 0.4) is 0 Å². The molecule has 1 atom stereocenters. The highest BCUT2D eigenvalue weighted by Crippen LogP contribution is 2.21. The van der Waals surface area contributed by atoms with E-state index in [2.05, 4.69) is 27.2 Å². The maximum absolute atomic E-state index is 13.8. The molecule has 0 aliphatic rings. The normalized spacial score (nSPS) is 12.2. The van der Waals surface area contributed by atoms with E-state index < -0.39 is 0 Å². The van der Waals surface area contributed by atoms with Crippen LogP contribution in [0.2, 0.25) is 0 Å². The van der Waals surface area contributed by atoms with E-state index in [1.165, 1.54) is 6.07 Å². The first-order chi connectivity index (χ1) is 13.7. The van der Waals surface area contributed by atoms with Gasteiger partial charge in [0.25, 0.3) is 0 Å². The number of para-hydroxylation sites is 1. The summed E-state index contributed by atoms with van der Waals surface area (Å²) in [4.78, 5) is 11.7. The van der Waals surface area contributed by atoms with Gasteiger partial charge in [-0.3, -0.25) is 4.98 Å². The summed E-state index contributed by atoms with van der Waals surface area (Å²) >= 11 is 0. The van der Waals surface area contributed by atoms with Gasteiger partial charge in [-0.05, 0) is 48.9 Å². The van der Waals surface area contributed by atoms with E-state index in [-0.39, 0.29) is 11.9 Å². The number of H-pyrrole nitrogens is 1. The molecule has 6 heteroatoms. The van der Waals surface area contributed by atoms with Crippen LogP contribution < -0.4 is 10.1 Å². The van der Waals surface area contributed by atoms with Crippen molar-refractivity contribution in [3.63, 3.8) is 0 Å². The fourth-order valence-corrected chi connectivity index (χ4v) is 3.01. The summed E-state index contributed by atoms with van der Waals surface area (Å²) in [5.74, 6) is 1.18. The first kappa shape index (κ1) is 18.1. The van der Waals surface area contributed by atoms with Gasteiger partial charge in [0.2, 0.25) is 0 Å². The van der Waals surface area contributed by atoms with Crippen LogP contribution in [0.15, 0.2) is 66.9 Å². The van der Waals surface area contributed by atoms with E-state index in [0.29, 0.717) is 30.0 Å². The molecule has 2 aromatic carbocycles. The van der Waals surface area contributed by atoms with Crippen LogP contribution in [0.25, 0.3) is 11.0 Å². The van der Waals surface area contributed by atoms with Gasteiger partial charge in [0.15, 0.2) is 5.82 Å². The van der Waals surface area contributed by atoms with Gasteiger partial charge in [0.1, 0.15) is 23.7 Å². The van der Waals surface area contributed by atoms with Crippen molar-refractivity contribution in [3.05, 3.63) is 89.8 Å². The zero-order valence-electron chi connectivity index (χ0n) is 15.5. The summed E-state index contributed by atoms with van der Waals surface area (Å²) in [6.45, 7) is 3.01. The molecule has 1 unspecified atom stereocenters. The number of aromatic amines is 1. The molecule has 142 valence electrons. The Balaban J connectivity index is 1.38. The summed E-state index contributed by atoms with van der Waals surface area (Å²) < 4.78 is 19.6. The number of rotatable bonds is 7. The zero-order chi connectivity index (χ0) is 19.3. The molecule has 5 nitrogen and oxygen atoms in total. The average molecular weight is 376 g/mol. The molecule has 0 spiro atoms. The number of benzene rings is 2. The third-order valence-corrected chi connectivity index (χ3v) is 4.56. The lowest BCUT2D eigenvalue weighted by Gasteiger charge is -2.15. The topological polar surface area (TPSA) is 62.8 Å². The summed E-state index contributed by atoms with van der Waals surface area (Å²) in [5.41, 5.74) is 3.06. The third kappa shape index (κ3) is 4.18. The molecule has 4 rings (SSSR count). The maximum Gasteiger partial charge on any atom is 0.151 e. The molecular formula is C22H21FN4O. The second-order valence-electron chi connectivity index (χ2n) is 6.60. The number of halogens is 1. The number of imidazole rings is 1. The van der Waals surface area contributed by atoms with Crippen molar-refractivity contribution in [2.45, 2.75) is 26.1 Å². The fourth-order valence-electron chi connectivity index (χ4n) is 3.01. The predicted octanol–water partition coefficient (Wildman–Crippen LogP) is 4.53. The highest BCUT2D eigenvalue weighted by atomic mass is 19.1. The fraction of sp³-hybridized carbons (Fsp3) is 0.182. The first-order valence-electron chi connectivity index (χ1n) is 9.18. The van der Waals surface area contributed by atoms with E-state index >= 15 is 0 Å². The summed E-state index contributed by atoms with van der Waals surface area (Å²) in [6.07, 6.45) is 1.76. The minimum Gasteiger partial charge on any atom is -0.487 e. The molecule has 28 heavy (non-hydrogen) atoms. The SMILES string of the molecule is CC(NCc1nc2c(F)cccc2[nH]1)c1cccc(OCc2ccccn2)c1. The number of aromatic nitrogens is 3. The van der Waals surface area contributed by atoms with Crippen LogP contribution in [-0.4, -0.2) is 15.0 Å². The number of nitrogens with one attached hydrogen (secondary N) is 2. The van der Waals surface area contributed by atoms with Crippen molar-refractivity contribution in [3.8, 4) is 5.75 Å². The van der Waals surface area contributed by atoms with Gasteiger partial charge in [-0.2, -0.15) is 0 Å². The van der Waals surface area contributed by atoms with E-state index in [4.69, 9.17) is 4.74 Å². The molecule has 2 heterocycles. The van der Waals surface area contributed by atoms with Gasteiger partial charge in [0.05, 0.1) is 17.8 Å². The van der Waals surface area contributed by atoms with Crippen molar-refractivity contribution >= 4 is 11.0 Å². The Labute approximate surface area is 162 Å². The van der Waals surface area contributed by atoms with Crippen molar-refractivity contribution in [1.29, 1.82) is 0 Å². The van der Waals surface area contributed by atoms with Crippen molar-refractivity contribution < 1.29 is 9.13 Å². The highest BCUT2D eigenvalue weighted by molar-refractivity contribution is 5.75. The Kier molecular flexibility index (Phi) is 5.30. The molecule has 0 fully saturated rings.